The minimum atomic E-state index is -4.84. The Labute approximate surface area is 136 Å². The van der Waals surface area contributed by atoms with Gasteiger partial charge in [0, 0.05) is 17.2 Å². The van der Waals surface area contributed by atoms with Gasteiger partial charge in [0.2, 0.25) is 0 Å². The van der Waals surface area contributed by atoms with E-state index in [4.69, 9.17) is 0 Å². The quantitative estimate of drug-likeness (QED) is 0.728. The Morgan fingerprint density at radius 1 is 1.00 bits per heavy atom. The zero-order valence-corrected chi connectivity index (χ0v) is 13.0. The van der Waals surface area contributed by atoms with Crippen molar-refractivity contribution in [2.24, 2.45) is 0 Å². The van der Waals surface area contributed by atoms with Gasteiger partial charge >= 0.3 is 12.4 Å². The highest BCUT2D eigenvalue weighted by atomic mass is 79.9. The number of alkyl halides is 6. The first-order valence-corrected chi connectivity index (χ1v) is 7.17. The van der Waals surface area contributed by atoms with Gasteiger partial charge in [0.1, 0.15) is 0 Å². The van der Waals surface area contributed by atoms with Crippen LogP contribution >= 0.6 is 15.9 Å². The van der Waals surface area contributed by atoms with Crippen LogP contribution in [0, 0.1) is 0 Å². The number of nitrogens with one attached hydrogen (secondary N) is 2. The van der Waals surface area contributed by atoms with Crippen LogP contribution in [0.25, 0.3) is 0 Å². The van der Waals surface area contributed by atoms with Gasteiger partial charge in [0.25, 0.3) is 0 Å². The van der Waals surface area contributed by atoms with Gasteiger partial charge in [-0.05, 0) is 51.8 Å². The van der Waals surface area contributed by atoms with E-state index in [-0.39, 0.29) is 24.3 Å². The molecule has 1 aromatic rings. The molecule has 0 fully saturated rings. The third-order valence-corrected chi connectivity index (χ3v) is 3.52. The van der Waals surface area contributed by atoms with Gasteiger partial charge in [-0.25, -0.2) is 0 Å². The van der Waals surface area contributed by atoms with Crippen molar-refractivity contribution >= 4 is 15.9 Å². The largest absolute Gasteiger partial charge is 0.416 e. The molecule has 1 aliphatic rings. The second kappa shape index (κ2) is 6.56. The Kier molecular flexibility index (Phi) is 5.10. The fraction of sp³-hybridized carbons (Fsp3) is 0.286. The third-order valence-electron chi connectivity index (χ3n) is 3.02. The van der Waals surface area contributed by atoms with Crippen LogP contribution in [0.15, 0.2) is 41.0 Å². The molecule has 126 valence electrons. The number of rotatable bonds is 3. The van der Waals surface area contributed by atoms with E-state index in [1.165, 1.54) is 0 Å². The van der Waals surface area contributed by atoms with Crippen LogP contribution in [-0.4, -0.2) is 6.17 Å². The maximum Gasteiger partial charge on any atom is 0.416 e. The maximum absolute atomic E-state index is 12.7. The summed E-state index contributed by atoms with van der Waals surface area (Å²) in [6.07, 6.45) is -5.06. The van der Waals surface area contributed by atoms with E-state index in [0.717, 1.165) is 4.48 Å². The van der Waals surface area contributed by atoms with Crippen LogP contribution < -0.4 is 10.6 Å². The normalized spacial score (nSPS) is 18.6. The van der Waals surface area contributed by atoms with Gasteiger partial charge in [0.05, 0.1) is 17.3 Å². The van der Waals surface area contributed by atoms with E-state index in [2.05, 4.69) is 26.6 Å². The van der Waals surface area contributed by atoms with Gasteiger partial charge in [-0.1, -0.05) is 0 Å². The second-order valence-electron chi connectivity index (χ2n) is 4.83. The van der Waals surface area contributed by atoms with Crippen molar-refractivity contribution in [3.63, 3.8) is 0 Å². The standard InChI is InChI=1S/C14H11BrF6N2/c15-11-1-2-12(23-7-11)22-6-8-3-9(13(16,17)18)5-10(4-8)14(19,20)21/h1-5,7,12,22-23H,6H2. The molecule has 9 heteroatoms. The summed E-state index contributed by atoms with van der Waals surface area (Å²) in [5, 5.41) is 5.70. The molecule has 0 spiro atoms. The predicted octanol–water partition coefficient (Wildman–Crippen LogP) is 4.54. The van der Waals surface area contributed by atoms with Crippen molar-refractivity contribution in [3.05, 3.63) is 57.7 Å². The average molecular weight is 401 g/mol. The fourth-order valence-corrected chi connectivity index (χ4v) is 2.22. The molecule has 0 amide bonds. The number of dihydropyridines is 1. The van der Waals surface area contributed by atoms with Crippen LogP contribution in [0.2, 0.25) is 0 Å². The molecule has 0 bridgehead atoms. The molecule has 1 aliphatic heterocycles. The van der Waals surface area contributed by atoms with E-state index in [9.17, 15) is 26.3 Å². The molecule has 0 saturated heterocycles. The number of hydrogen-bond acceptors (Lipinski definition) is 2. The van der Waals surface area contributed by atoms with Crippen molar-refractivity contribution in [1.29, 1.82) is 0 Å². The monoisotopic (exact) mass is 400 g/mol. The molecule has 2 N–H and O–H groups in total. The molecule has 0 aromatic heterocycles. The van der Waals surface area contributed by atoms with E-state index in [1.807, 2.05) is 0 Å². The summed E-state index contributed by atoms with van der Waals surface area (Å²) in [5.74, 6) is 0. The zero-order chi connectivity index (χ0) is 17.3. The van der Waals surface area contributed by atoms with Crippen LogP contribution in [0.4, 0.5) is 26.3 Å². The Hall–Kier alpha value is -1.48. The Bertz CT molecular complexity index is 601. The molecular weight excluding hydrogens is 390 g/mol. The van der Waals surface area contributed by atoms with Crippen LogP contribution in [0.5, 0.6) is 0 Å². The third kappa shape index (κ3) is 5.00. The van der Waals surface area contributed by atoms with Gasteiger partial charge in [-0.2, -0.15) is 26.3 Å². The fourth-order valence-electron chi connectivity index (χ4n) is 1.94. The Morgan fingerprint density at radius 3 is 2.00 bits per heavy atom. The van der Waals surface area contributed by atoms with Gasteiger partial charge in [0.15, 0.2) is 0 Å². The summed E-state index contributed by atoms with van der Waals surface area (Å²) in [5.41, 5.74) is -2.74. The molecule has 1 atom stereocenters. The first-order chi connectivity index (χ1) is 10.6. The lowest BCUT2D eigenvalue weighted by Gasteiger charge is -2.20. The average Bonchev–Trinajstić information content (AvgIpc) is 2.44. The van der Waals surface area contributed by atoms with Crippen LogP contribution in [-0.2, 0) is 18.9 Å². The SMILES string of the molecule is FC(F)(F)c1cc(CNC2C=CC(Br)=CN2)cc(C(F)(F)F)c1. The first-order valence-electron chi connectivity index (χ1n) is 6.37. The summed E-state index contributed by atoms with van der Waals surface area (Å²) in [6.45, 7) is -0.152. The Morgan fingerprint density at radius 2 is 1.57 bits per heavy atom. The molecule has 0 radical (unpaired) electrons. The van der Waals surface area contributed by atoms with Crippen molar-refractivity contribution in [3.8, 4) is 0 Å². The summed E-state index contributed by atoms with van der Waals surface area (Å²) < 4.78 is 77.3. The predicted molar refractivity (Wildman–Crippen MR) is 76.4 cm³/mol. The van der Waals surface area contributed by atoms with Crippen molar-refractivity contribution in [2.45, 2.75) is 25.1 Å². The highest BCUT2D eigenvalue weighted by Crippen LogP contribution is 2.36. The minimum Gasteiger partial charge on any atom is -0.372 e. The maximum atomic E-state index is 12.7. The Balaban J connectivity index is 2.19. The van der Waals surface area contributed by atoms with Crippen molar-refractivity contribution < 1.29 is 26.3 Å². The number of halogens is 7. The van der Waals surface area contributed by atoms with Gasteiger partial charge in [-0.15, -0.1) is 0 Å². The van der Waals surface area contributed by atoms with E-state index in [1.54, 1.807) is 18.4 Å². The summed E-state index contributed by atoms with van der Waals surface area (Å²) >= 11 is 3.21. The van der Waals surface area contributed by atoms with Crippen molar-refractivity contribution in [1.82, 2.24) is 10.6 Å². The molecule has 1 heterocycles. The molecule has 0 saturated carbocycles. The van der Waals surface area contributed by atoms with E-state index >= 15 is 0 Å². The number of allylic oxidation sites excluding steroid dienone is 2. The second-order valence-corrected chi connectivity index (χ2v) is 5.74. The summed E-state index contributed by atoms with van der Waals surface area (Å²) in [7, 11) is 0. The topological polar surface area (TPSA) is 24.1 Å². The minimum absolute atomic E-state index is 0.101. The number of hydrogen-bond donors (Lipinski definition) is 2. The first kappa shape index (κ1) is 17.9. The number of benzene rings is 1. The van der Waals surface area contributed by atoms with Crippen LogP contribution in [0.1, 0.15) is 16.7 Å². The summed E-state index contributed by atoms with van der Waals surface area (Å²) in [6, 6.07) is 1.53. The lowest BCUT2D eigenvalue weighted by Crippen LogP contribution is -2.38. The van der Waals surface area contributed by atoms with Gasteiger partial charge < -0.3 is 5.32 Å². The van der Waals surface area contributed by atoms with E-state index in [0.29, 0.717) is 12.1 Å². The highest BCUT2D eigenvalue weighted by molar-refractivity contribution is 9.11. The lowest BCUT2D eigenvalue weighted by molar-refractivity contribution is -0.143. The molecule has 23 heavy (non-hydrogen) atoms. The molecule has 1 aromatic carbocycles. The summed E-state index contributed by atoms with van der Waals surface area (Å²) in [4.78, 5) is 0. The van der Waals surface area contributed by atoms with Crippen LogP contribution in [0.3, 0.4) is 0 Å². The molecule has 2 rings (SSSR count). The smallest absolute Gasteiger partial charge is 0.372 e. The zero-order valence-electron chi connectivity index (χ0n) is 11.4. The molecule has 0 aliphatic carbocycles. The molecule has 1 unspecified atom stereocenters. The molecular formula is C14H11BrF6N2. The van der Waals surface area contributed by atoms with Crippen molar-refractivity contribution in [2.75, 3.05) is 0 Å². The molecule has 2 nitrogen and oxygen atoms in total. The highest BCUT2D eigenvalue weighted by Gasteiger charge is 2.36. The lowest BCUT2D eigenvalue weighted by atomic mass is 10.0. The van der Waals surface area contributed by atoms with E-state index < -0.39 is 23.5 Å². The van der Waals surface area contributed by atoms with Gasteiger partial charge in [-0.3, -0.25) is 5.32 Å².